The first kappa shape index (κ1) is 69.3. The third-order valence-electron chi connectivity index (χ3n) is 19.1. The van der Waals surface area contributed by atoms with Gasteiger partial charge in [0.05, 0.1) is 13.2 Å². The summed E-state index contributed by atoms with van der Waals surface area (Å²) in [6.45, 7) is 22.5. The molecule has 0 saturated carbocycles. The number of anilines is 6. The van der Waals surface area contributed by atoms with Crippen molar-refractivity contribution in [3.8, 4) is 44.9 Å². The first-order valence-electron chi connectivity index (χ1n) is 36.0. The van der Waals surface area contributed by atoms with Crippen LogP contribution in [0.3, 0.4) is 0 Å². The Morgan fingerprint density at radius 1 is 0.366 bits per heavy atom. The second-order valence-electron chi connectivity index (χ2n) is 26.2. The van der Waals surface area contributed by atoms with E-state index >= 15 is 0 Å². The summed E-state index contributed by atoms with van der Waals surface area (Å²) in [5.74, 6) is 1.74. The van der Waals surface area contributed by atoms with E-state index in [1.165, 1.54) is 155 Å². The molecule has 0 atom stereocenters. The fourth-order valence-electron chi connectivity index (χ4n) is 13.8. The second kappa shape index (κ2) is 36.4. The number of rotatable bonds is 40. The molecule has 0 fully saturated rings. The Morgan fingerprint density at radius 3 is 1.24 bits per heavy atom. The minimum absolute atomic E-state index is 0.00891. The van der Waals surface area contributed by atoms with Crippen LogP contribution in [-0.2, 0) is 18.3 Å². The van der Waals surface area contributed by atoms with E-state index in [4.69, 9.17) is 9.47 Å². The van der Waals surface area contributed by atoms with Crippen molar-refractivity contribution in [2.24, 2.45) is 0 Å². The third kappa shape index (κ3) is 18.6. The summed E-state index contributed by atoms with van der Waals surface area (Å²) in [7, 11) is 0. The number of unbranched alkanes of at least 4 members (excludes halogenated alkanes) is 14. The summed E-state index contributed by atoms with van der Waals surface area (Å²) in [4.78, 5) is 4.83. The van der Waals surface area contributed by atoms with Crippen LogP contribution in [0.4, 0.5) is 34.1 Å². The maximum absolute atomic E-state index is 6.65. The average Bonchev–Trinajstić information content (AvgIpc) is 1.57. The van der Waals surface area contributed by atoms with E-state index in [1.54, 1.807) is 11.1 Å². The van der Waals surface area contributed by atoms with E-state index in [0.717, 1.165) is 101 Å². The van der Waals surface area contributed by atoms with E-state index in [1.807, 2.05) is 24.3 Å². The molecule has 1 aliphatic carbocycles. The summed E-state index contributed by atoms with van der Waals surface area (Å²) in [5.41, 5.74) is 22.4. The molecule has 0 heterocycles. The van der Waals surface area contributed by atoms with Gasteiger partial charge in [-0.15, -0.1) is 0 Å². The zero-order valence-electron chi connectivity index (χ0n) is 57.6. The highest BCUT2D eigenvalue weighted by Crippen LogP contribution is 2.55. The zero-order chi connectivity index (χ0) is 65.0. The predicted molar refractivity (Wildman–Crippen MR) is 404 cm³/mol. The molecule has 0 aromatic heterocycles. The van der Waals surface area contributed by atoms with E-state index in [2.05, 4.69) is 247 Å². The number of ether oxygens (including phenoxy) is 2. The second-order valence-corrected chi connectivity index (χ2v) is 26.2. The minimum atomic E-state index is 0.00891. The minimum Gasteiger partial charge on any atom is -0.493 e. The van der Waals surface area contributed by atoms with Gasteiger partial charge in [-0.2, -0.15) is 0 Å². The van der Waals surface area contributed by atoms with Gasteiger partial charge in [-0.05, 0) is 225 Å². The molecule has 4 nitrogen and oxygen atoms in total. The summed E-state index contributed by atoms with van der Waals surface area (Å²) in [6.07, 6.45) is 40.7. The van der Waals surface area contributed by atoms with Crippen molar-refractivity contribution in [2.75, 3.05) is 23.0 Å². The van der Waals surface area contributed by atoms with E-state index in [9.17, 15) is 0 Å². The quantitative estimate of drug-likeness (QED) is 0.0282. The standard InChI is InChI=1S/C89H108N2O2/c1-9-15-21-25-27-31-61-89(62-32-28-26-22-16-10-2)85-65-69(7)37-59-82(85)83-60-46-75(67-86(83)89)73-42-51-78(52-43-73)91(81-57-55-80(56-58-81)90(76-47-38-71(39-48-76)35-19-13-5)77-49-40-72(41-50-77)36-20-14-6)79-53-44-74(45-54-79)84-68-87(92-63-33-29-23-17-11-3)70(8)66-88(84)93-64-34-30-24-18-12-4/h11-12,17-18,23-24,37-60,65-68H,3-4,9-10,13-16,19-22,25-36,61-64H2,1-2,5-8H3/b23-17+,24-18+. The fourth-order valence-corrected chi connectivity index (χ4v) is 13.8. The Bertz CT molecular complexity index is 3560. The first-order chi connectivity index (χ1) is 45.7. The van der Waals surface area contributed by atoms with Gasteiger partial charge >= 0.3 is 0 Å². The average molecular weight is 1240 g/mol. The normalized spacial score (nSPS) is 12.3. The van der Waals surface area contributed by atoms with E-state index in [0.29, 0.717) is 13.2 Å². The lowest BCUT2D eigenvalue weighted by Gasteiger charge is -2.33. The van der Waals surface area contributed by atoms with E-state index in [-0.39, 0.29) is 5.41 Å². The van der Waals surface area contributed by atoms with Gasteiger partial charge < -0.3 is 19.3 Å². The van der Waals surface area contributed by atoms with Crippen molar-refractivity contribution >= 4 is 34.1 Å². The monoisotopic (exact) mass is 1240 g/mol. The SMILES string of the molecule is C=C/C=C/CCCOc1cc(-c2ccc(N(c3ccc(-c4ccc5c(c4)C(CCCCCCCC)(CCCCCCCC)c4cc(C)ccc4-5)cc3)c3ccc(N(c4ccc(CCCC)cc4)c4ccc(CCCC)cc4)cc3)cc2)c(OCCC/C=C/C=C)cc1C. The lowest BCUT2D eigenvalue weighted by molar-refractivity contribution is 0.303. The lowest BCUT2D eigenvalue weighted by Crippen LogP contribution is -2.25. The van der Waals surface area contributed by atoms with Gasteiger partial charge in [0.15, 0.2) is 0 Å². The van der Waals surface area contributed by atoms with Gasteiger partial charge in [0.1, 0.15) is 11.5 Å². The molecule has 486 valence electrons. The van der Waals surface area contributed by atoms with Crippen LogP contribution in [-0.4, -0.2) is 13.2 Å². The van der Waals surface area contributed by atoms with Crippen LogP contribution in [0.1, 0.15) is 202 Å². The van der Waals surface area contributed by atoms with Gasteiger partial charge in [-0.25, -0.2) is 0 Å². The number of hydrogen-bond donors (Lipinski definition) is 0. The molecule has 0 saturated heterocycles. The van der Waals surface area contributed by atoms with Crippen LogP contribution >= 0.6 is 0 Å². The van der Waals surface area contributed by atoms with Crippen molar-refractivity contribution < 1.29 is 9.47 Å². The van der Waals surface area contributed by atoms with Gasteiger partial charge in [-0.3, -0.25) is 0 Å². The molecule has 4 heteroatoms. The van der Waals surface area contributed by atoms with Crippen molar-refractivity contribution in [2.45, 2.75) is 201 Å². The molecule has 0 aliphatic heterocycles. The number of hydrogen-bond acceptors (Lipinski definition) is 4. The number of allylic oxidation sites excluding steroid dienone is 6. The molecule has 93 heavy (non-hydrogen) atoms. The number of benzene rings is 8. The van der Waals surface area contributed by atoms with E-state index < -0.39 is 0 Å². The molecule has 8 aromatic carbocycles. The molecule has 0 amide bonds. The Hall–Kier alpha value is -8.08. The Kier molecular flexibility index (Phi) is 27.1. The smallest absolute Gasteiger partial charge is 0.127 e. The van der Waals surface area contributed by atoms with Crippen LogP contribution in [0.15, 0.2) is 219 Å². The summed E-state index contributed by atoms with van der Waals surface area (Å²) >= 11 is 0. The number of nitrogens with zero attached hydrogens (tertiary/aromatic N) is 2. The van der Waals surface area contributed by atoms with Crippen LogP contribution in [0, 0.1) is 13.8 Å². The maximum Gasteiger partial charge on any atom is 0.127 e. The van der Waals surface area contributed by atoms with Crippen molar-refractivity contribution in [1.82, 2.24) is 0 Å². The molecule has 8 aromatic rings. The predicted octanol–water partition coefficient (Wildman–Crippen LogP) is 26.8. The molecular weight excluding hydrogens is 1130 g/mol. The van der Waals surface area contributed by atoms with Crippen molar-refractivity contribution in [1.29, 1.82) is 0 Å². The first-order valence-corrected chi connectivity index (χ1v) is 36.0. The third-order valence-corrected chi connectivity index (χ3v) is 19.1. The van der Waals surface area contributed by atoms with Crippen LogP contribution in [0.5, 0.6) is 11.5 Å². The highest BCUT2D eigenvalue weighted by molar-refractivity contribution is 5.86. The molecule has 0 radical (unpaired) electrons. The van der Waals surface area contributed by atoms with Crippen LogP contribution in [0.25, 0.3) is 33.4 Å². The highest BCUT2D eigenvalue weighted by atomic mass is 16.5. The molecule has 1 aliphatic rings. The summed E-state index contributed by atoms with van der Waals surface area (Å²) in [6, 6.07) is 65.2. The highest BCUT2D eigenvalue weighted by Gasteiger charge is 2.42. The maximum atomic E-state index is 6.65. The zero-order valence-corrected chi connectivity index (χ0v) is 57.6. The topological polar surface area (TPSA) is 24.9 Å². The number of aryl methyl sites for hydroxylation is 4. The molecule has 0 spiro atoms. The Morgan fingerprint density at radius 2 is 0.763 bits per heavy atom. The van der Waals surface area contributed by atoms with Gasteiger partial charge in [-0.1, -0.05) is 252 Å². The molecular formula is C89H108N2O2. The summed E-state index contributed by atoms with van der Waals surface area (Å²) < 4.78 is 13.2. The van der Waals surface area contributed by atoms with Gasteiger partial charge in [0.25, 0.3) is 0 Å². The number of fused-ring (bicyclic) bond motifs is 3. The van der Waals surface area contributed by atoms with Gasteiger partial charge in [0, 0.05) is 45.1 Å². The molecule has 0 N–H and O–H groups in total. The van der Waals surface area contributed by atoms with Crippen molar-refractivity contribution in [3.05, 3.63) is 253 Å². The molecule has 9 rings (SSSR count). The molecule has 0 bridgehead atoms. The van der Waals surface area contributed by atoms with Gasteiger partial charge in [0.2, 0.25) is 0 Å². The fraction of sp³-hybridized carbons (Fsp3) is 0.371. The van der Waals surface area contributed by atoms with Crippen LogP contribution in [0.2, 0.25) is 0 Å². The Labute approximate surface area is 562 Å². The lowest BCUT2D eigenvalue weighted by atomic mass is 9.70. The Balaban J connectivity index is 1.10. The molecule has 0 unspecified atom stereocenters. The van der Waals surface area contributed by atoms with Crippen LogP contribution < -0.4 is 19.3 Å². The largest absolute Gasteiger partial charge is 0.493 e. The van der Waals surface area contributed by atoms with Crippen molar-refractivity contribution in [3.63, 3.8) is 0 Å². The summed E-state index contributed by atoms with van der Waals surface area (Å²) in [5, 5.41) is 0.